The molecular weight excluding hydrogens is 488 g/mol. The highest BCUT2D eigenvalue weighted by Crippen LogP contribution is 2.47. The first-order valence-corrected chi connectivity index (χ1v) is 14.7. The lowest BCUT2D eigenvalue weighted by Gasteiger charge is -2.41. The van der Waals surface area contributed by atoms with Gasteiger partial charge in [-0.3, -0.25) is 13.9 Å². The van der Waals surface area contributed by atoms with Gasteiger partial charge < -0.3 is 20.7 Å². The van der Waals surface area contributed by atoms with Crippen molar-refractivity contribution in [2.45, 2.75) is 50.3 Å². The molecule has 2 heterocycles. The van der Waals surface area contributed by atoms with Crippen molar-refractivity contribution in [2.75, 3.05) is 36.8 Å². The van der Waals surface area contributed by atoms with E-state index in [4.69, 9.17) is 10.5 Å². The summed E-state index contributed by atoms with van der Waals surface area (Å²) in [5.74, 6) is 3.33. The Morgan fingerprint density at radius 2 is 1.76 bits per heavy atom. The molecule has 2 atom stereocenters. The predicted molar refractivity (Wildman–Crippen MR) is 149 cm³/mol. The lowest BCUT2D eigenvalue weighted by molar-refractivity contribution is -0.140. The van der Waals surface area contributed by atoms with Crippen molar-refractivity contribution in [3.63, 3.8) is 0 Å². The number of likely N-dealkylation sites (tertiary alicyclic amines) is 1. The molecule has 2 aromatic carbocycles. The van der Waals surface area contributed by atoms with Crippen molar-refractivity contribution in [1.82, 2.24) is 10.2 Å². The number of nitrogens with zero attached hydrogens (tertiary/aromatic N) is 2. The van der Waals surface area contributed by atoms with Crippen molar-refractivity contribution in [1.29, 1.82) is 0 Å². The topological polar surface area (TPSA) is 105 Å². The van der Waals surface area contributed by atoms with E-state index in [0.29, 0.717) is 26.2 Å². The maximum atomic E-state index is 13.6. The summed E-state index contributed by atoms with van der Waals surface area (Å²) >= 11 is 0. The maximum Gasteiger partial charge on any atom is 0.247 e. The largest absolute Gasteiger partial charge is 0.374 e. The number of carbonyl (C=O) groups excluding carboxylic acids is 2. The summed E-state index contributed by atoms with van der Waals surface area (Å²) in [7, 11) is -2.42. The van der Waals surface area contributed by atoms with E-state index in [2.05, 4.69) is 17.3 Å². The molecular formula is C28H38N4O4S. The fourth-order valence-corrected chi connectivity index (χ4v) is 6.22. The van der Waals surface area contributed by atoms with Gasteiger partial charge in [0.15, 0.2) is 0 Å². The Hall–Kier alpha value is -2.88. The van der Waals surface area contributed by atoms with Crippen LogP contribution in [0.4, 0.5) is 5.69 Å². The monoisotopic (exact) mass is 526 g/mol. The molecule has 0 aliphatic carbocycles. The molecule has 2 aromatic rings. The number of hydrogen-bond donors (Lipinski definition) is 2. The Kier molecular flexibility index (Phi) is 7.69. The predicted octanol–water partition coefficient (Wildman–Crippen LogP) is 2.07. The van der Waals surface area contributed by atoms with E-state index in [-0.39, 0.29) is 17.9 Å². The lowest BCUT2D eigenvalue weighted by atomic mass is 9.74. The van der Waals surface area contributed by atoms with Crippen LogP contribution in [0.3, 0.4) is 0 Å². The van der Waals surface area contributed by atoms with Gasteiger partial charge in [0.25, 0.3) is 0 Å². The van der Waals surface area contributed by atoms with Crippen LogP contribution in [-0.4, -0.2) is 70.9 Å². The molecule has 200 valence electrons. The average molecular weight is 527 g/mol. The Balaban J connectivity index is 1.46. The zero-order chi connectivity index (χ0) is 26.8. The maximum absolute atomic E-state index is 13.6. The number of anilines is 1. The van der Waals surface area contributed by atoms with E-state index in [1.807, 2.05) is 52.8 Å². The molecule has 0 saturated carbocycles. The summed E-state index contributed by atoms with van der Waals surface area (Å²) in [5, 5.41) is 2.81. The smallest absolute Gasteiger partial charge is 0.247 e. The number of ether oxygens (including phenoxy) is 1. The van der Waals surface area contributed by atoms with Crippen LogP contribution < -0.4 is 15.4 Å². The fraction of sp³-hybridized carbons (Fsp3) is 0.464. The number of nitrogens with one attached hydrogen (secondary N) is 1. The molecule has 8 nitrogen and oxygen atoms in total. The van der Waals surface area contributed by atoms with Crippen LogP contribution in [0.1, 0.15) is 37.8 Å². The van der Waals surface area contributed by atoms with Crippen LogP contribution in [0, 0.1) is 0 Å². The number of piperidine rings is 1. The van der Waals surface area contributed by atoms with Gasteiger partial charge in [0.2, 0.25) is 11.8 Å². The minimum atomic E-state index is -2.42. The van der Waals surface area contributed by atoms with E-state index in [1.165, 1.54) is 5.56 Å². The van der Waals surface area contributed by atoms with E-state index in [0.717, 1.165) is 24.1 Å². The van der Waals surface area contributed by atoms with Crippen LogP contribution in [0.5, 0.6) is 0 Å². The molecule has 0 aromatic heterocycles. The first-order valence-electron chi connectivity index (χ1n) is 12.6. The Bertz CT molecular complexity index is 1230. The van der Waals surface area contributed by atoms with Gasteiger partial charge >= 0.3 is 0 Å². The number of amides is 2. The number of hydrogen-bond acceptors (Lipinski definition) is 5. The summed E-state index contributed by atoms with van der Waals surface area (Å²) in [6, 6.07) is 16.9. The van der Waals surface area contributed by atoms with E-state index in [1.54, 1.807) is 25.0 Å². The molecule has 1 unspecified atom stereocenters. The zero-order valence-corrected chi connectivity index (χ0v) is 22.8. The van der Waals surface area contributed by atoms with Crippen molar-refractivity contribution >= 4 is 33.1 Å². The molecule has 2 amide bonds. The minimum absolute atomic E-state index is 0.0488. The van der Waals surface area contributed by atoms with Crippen molar-refractivity contribution < 1.29 is 18.5 Å². The van der Waals surface area contributed by atoms with E-state index < -0.39 is 27.2 Å². The molecule has 1 fully saturated rings. The SMILES string of the molecule is C=S(C)(=O)N1CC2(CCN(C(=O)[C@@H](COCc3ccccc3)NC(=O)C(C)(C)N)CC2)c2ccccc21. The number of rotatable bonds is 8. The second-order valence-electron chi connectivity index (χ2n) is 10.9. The first-order chi connectivity index (χ1) is 17.4. The number of fused-ring (bicyclic) bond motifs is 2. The summed E-state index contributed by atoms with van der Waals surface area (Å²) in [4.78, 5) is 28.1. The Morgan fingerprint density at radius 1 is 1.14 bits per heavy atom. The third-order valence-corrected chi connectivity index (χ3v) is 8.53. The van der Waals surface area contributed by atoms with Crippen LogP contribution in [0.25, 0.3) is 0 Å². The fourth-order valence-electron chi connectivity index (χ4n) is 5.12. The second kappa shape index (κ2) is 10.5. The van der Waals surface area contributed by atoms with Gasteiger partial charge in [-0.05, 0) is 49.8 Å². The average Bonchev–Trinajstić information content (AvgIpc) is 3.18. The van der Waals surface area contributed by atoms with E-state index in [9.17, 15) is 13.8 Å². The van der Waals surface area contributed by atoms with Gasteiger partial charge in [0.05, 0.1) is 24.4 Å². The molecule has 9 heteroatoms. The van der Waals surface area contributed by atoms with Gasteiger partial charge in [-0.2, -0.15) is 0 Å². The van der Waals surface area contributed by atoms with Crippen LogP contribution in [-0.2, 0) is 36.1 Å². The van der Waals surface area contributed by atoms with Crippen LogP contribution in [0.2, 0.25) is 0 Å². The summed E-state index contributed by atoms with van der Waals surface area (Å²) in [5.41, 5.74) is 7.80. The number of nitrogens with two attached hydrogens (primary N) is 1. The molecule has 37 heavy (non-hydrogen) atoms. The summed E-state index contributed by atoms with van der Waals surface area (Å²) < 4.78 is 20.7. The minimum Gasteiger partial charge on any atom is -0.374 e. The van der Waals surface area contributed by atoms with Gasteiger partial charge in [-0.15, -0.1) is 0 Å². The normalized spacial score (nSPS) is 19.2. The van der Waals surface area contributed by atoms with Gasteiger partial charge in [0.1, 0.15) is 6.04 Å². The molecule has 0 radical (unpaired) electrons. The zero-order valence-electron chi connectivity index (χ0n) is 21.9. The molecule has 1 spiro atoms. The van der Waals surface area contributed by atoms with Crippen LogP contribution in [0.15, 0.2) is 54.6 Å². The quantitative estimate of drug-likeness (QED) is 0.513. The molecule has 2 aliphatic heterocycles. The third-order valence-electron chi connectivity index (χ3n) is 7.27. The highest BCUT2D eigenvalue weighted by molar-refractivity contribution is 8.00. The standard InChI is InChI=1S/C28H38N4O4S/c1-27(2,29)26(34)30-23(19-36-18-21-10-6-5-7-11-21)25(33)31-16-14-28(15-17-31)20-32(37(3,4)35)24-13-9-8-12-22(24)28/h5-13,23H,3,14-20,29H2,1-2,4H3,(H,30,34)/t23-,37?/m1/s1. The Morgan fingerprint density at radius 3 is 2.38 bits per heavy atom. The highest BCUT2D eigenvalue weighted by atomic mass is 32.2. The number of para-hydroxylation sites is 1. The molecule has 4 rings (SSSR count). The molecule has 2 aliphatic rings. The summed E-state index contributed by atoms with van der Waals surface area (Å²) in [6.45, 7) is 5.28. The first kappa shape index (κ1) is 27.2. The molecule has 3 N–H and O–H groups in total. The third kappa shape index (κ3) is 6.00. The van der Waals surface area contributed by atoms with Gasteiger partial charge in [-0.25, -0.2) is 4.21 Å². The van der Waals surface area contributed by atoms with Crippen molar-refractivity contribution in [3.8, 4) is 0 Å². The van der Waals surface area contributed by atoms with Gasteiger partial charge in [-0.1, -0.05) is 48.5 Å². The Labute approximate surface area is 220 Å². The second-order valence-corrected chi connectivity index (χ2v) is 13.2. The van der Waals surface area contributed by atoms with Crippen LogP contribution >= 0.6 is 0 Å². The number of benzene rings is 2. The molecule has 1 saturated heterocycles. The molecule has 0 bridgehead atoms. The number of carbonyl (C=O) groups is 2. The van der Waals surface area contributed by atoms with E-state index >= 15 is 0 Å². The highest BCUT2D eigenvalue weighted by Gasteiger charge is 2.47. The van der Waals surface area contributed by atoms with Crippen molar-refractivity contribution in [3.05, 3.63) is 65.7 Å². The lowest BCUT2D eigenvalue weighted by Crippen LogP contribution is -2.59. The van der Waals surface area contributed by atoms with Gasteiger partial charge in [0, 0.05) is 41.0 Å². The summed E-state index contributed by atoms with van der Waals surface area (Å²) in [6.07, 6.45) is 3.13. The van der Waals surface area contributed by atoms with Crippen molar-refractivity contribution in [2.24, 2.45) is 5.73 Å².